The summed E-state index contributed by atoms with van der Waals surface area (Å²) in [6.45, 7) is 3.30. The van der Waals surface area contributed by atoms with Gasteiger partial charge in [0.15, 0.2) is 9.84 Å². The van der Waals surface area contributed by atoms with Gasteiger partial charge in [-0.1, -0.05) is 6.42 Å². The van der Waals surface area contributed by atoms with Gasteiger partial charge in [0.25, 0.3) is 0 Å². The van der Waals surface area contributed by atoms with Crippen LogP contribution in [0.5, 0.6) is 0 Å². The maximum Gasteiger partial charge on any atom is 0.151 e. The molecule has 2 saturated heterocycles. The van der Waals surface area contributed by atoms with E-state index in [1.54, 1.807) is 0 Å². The molecule has 3 aliphatic rings. The van der Waals surface area contributed by atoms with Crippen molar-refractivity contribution in [2.24, 2.45) is 5.92 Å². The summed E-state index contributed by atoms with van der Waals surface area (Å²) >= 11 is 0. The van der Waals surface area contributed by atoms with Crippen LogP contribution >= 0.6 is 0 Å². The van der Waals surface area contributed by atoms with Crippen LogP contribution in [0.15, 0.2) is 0 Å². The maximum atomic E-state index is 11.9. The predicted molar refractivity (Wildman–Crippen MR) is 72.4 cm³/mol. The summed E-state index contributed by atoms with van der Waals surface area (Å²) in [5.74, 6) is 0.750. The highest BCUT2D eigenvalue weighted by atomic mass is 32.2. The van der Waals surface area contributed by atoms with Crippen molar-refractivity contribution in [3.63, 3.8) is 0 Å². The first-order valence-corrected chi connectivity index (χ1v) is 9.17. The van der Waals surface area contributed by atoms with Crippen LogP contribution in [0.4, 0.5) is 0 Å². The first-order chi connectivity index (χ1) is 8.55. The predicted octanol–water partition coefficient (Wildman–Crippen LogP) is 0.636. The van der Waals surface area contributed by atoms with E-state index in [9.17, 15) is 8.42 Å². The lowest BCUT2D eigenvalue weighted by molar-refractivity contribution is 0.237. The zero-order valence-corrected chi connectivity index (χ0v) is 12.0. The molecular weight excluding hydrogens is 248 g/mol. The van der Waals surface area contributed by atoms with Crippen LogP contribution in [-0.2, 0) is 9.84 Å². The molecule has 2 aliphatic heterocycles. The quantitative estimate of drug-likeness (QED) is 0.801. The van der Waals surface area contributed by atoms with Gasteiger partial charge in [-0.15, -0.1) is 0 Å². The Kier molecular flexibility index (Phi) is 3.41. The molecule has 2 heterocycles. The first-order valence-electron chi connectivity index (χ1n) is 7.22. The largest absolute Gasteiger partial charge is 0.312 e. The van der Waals surface area contributed by atoms with Crippen LogP contribution in [0.1, 0.15) is 32.1 Å². The highest BCUT2D eigenvalue weighted by Crippen LogP contribution is 2.34. The molecule has 0 radical (unpaired) electrons. The summed E-state index contributed by atoms with van der Waals surface area (Å²) in [6, 6.07) is 0.895. The van der Waals surface area contributed by atoms with Gasteiger partial charge in [0, 0.05) is 31.4 Å². The maximum absolute atomic E-state index is 11.9. The van der Waals surface area contributed by atoms with E-state index >= 15 is 0 Å². The first kappa shape index (κ1) is 12.9. The Labute approximate surface area is 110 Å². The Bertz CT molecular complexity index is 395. The summed E-state index contributed by atoms with van der Waals surface area (Å²) in [6.07, 6.45) is 7.00. The van der Waals surface area contributed by atoms with Gasteiger partial charge in [-0.25, -0.2) is 8.42 Å². The van der Waals surface area contributed by atoms with E-state index in [0.717, 1.165) is 44.8 Å². The molecule has 0 amide bonds. The molecule has 0 aromatic heterocycles. The number of rotatable bonds is 2. The Hall–Kier alpha value is -0.130. The lowest BCUT2D eigenvalue weighted by atomic mass is 9.94. The number of likely N-dealkylation sites (tertiary alicyclic amines) is 1. The highest BCUT2D eigenvalue weighted by molar-refractivity contribution is 7.91. The molecule has 1 aliphatic carbocycles. The number of nitrogens with zero attached hydrogens (tertiary/aromatic N) is 1. The third-order valence-electron chi connectivity index (χ3n) is 5.06. The molecule has 0 bridgehead atoms. The molecule has 1 saturated carbocycles. The number of sulfone groups is 1. The minimum Gasteiger partial charge on any atom is -0.312 e. The number of nitrogens with one attached hydrogen (secondary N) is 1. The van der Waals surface area contributed by atoms with Crippen molar-refractivity contribution < 1.29 is 8.42 Å². The van der Waals surface area contributed by atoms with Crippen molar-refractivity contribution in [3.05, 3.63) is 0 Å². The minimum absolute atomic E-state index is 0.113. The molecule has 0 aromatic carbocycles. The van der Waals surface area contributed by atoms with Crippen LogP contribution in [0.25, 0.3) is 0 Å². The third-order valence-corrected chi connectivity index (χ3v) is 6.71. The fraction of sp³-hybridized carbons (Fsp3) is 1.00. The lowest BCUT2D eigenvalue weighted by Gasteiger charge is -2.28. The molecule has 0 aromatic rings. The summed E-state index contributed by atoms with van der Waals surface area (Å²) < 4.78 is 23.7. The lowest BCUT2D eigenvalue weighted by Crippen LogP contribution is -2.44. The van der Waals surface area contributed by atoms with Gasteiger partial charge >= 0.3 is 0 Å². The average molecular weight is 272 g/mol. The number of hydrogen-bond acceptors (Lipinski definition) is 4. The van der Waals surface area contributed by atoms with E-state index < -0.39 is 9.84 Å². The molecule has 4 atom stereocenters. The van der Waals surface area contributed by atoms with E-state index in [1.165, 1.54) is 19.1 Å². The van der Waals surface area contributed by atoms with Crippen LogP contribution < -0.4 is 5.32 Å². The van der Waals surface area contributed by atoms with Crippen molar-refractivity contribution in [3.8, 4) is 0 Å². The van der Waals surface area contributed by atoms with Crippen molar-refractivity contribution in [2.45, 2.75) is 49.4 Å². The minimum atomic E-state index is -2.88. The van der Waals surface area contributed by atoms with Gasteiger partial charge in [-0.3, -0.25) is 4.90 Å². The molecule has 5 heteroatoms. The van der Waals surface area contributed by atoms with Crippen LogP contribution in [0.3, 0.4) is 0 Å². The summed E-state index contributed by atoms with van der Waals surface area (Å²) in [5, 5.41) is 3.48. The van der Waals surface area contributed by atoms with Gasteiger partial charge < -0.3 is 5.32 Å². The molecular formula is C13H24N2O2S. The Morgan fingerprint density at radius 1 is 1.11 bits per heavy atom. The summed E-state index contributed by atoms with van der Waals surface area (Å²) in [5.41, 5.74) is 0. The smallest absolute Gasteiger partial charge is 0.151 e. The van der Waals surface area contributed by atoms with E-state index in [4.69, 9.17) is 0 Å². The van der Waals surface area contributed by atoms with Gasteiger partial charge in [0.05, 0.1) is 5.25 Å². The second-order valence-electron chi connectivity index (χ2n) is 6.28. The molecule has 3 fully saturated rings. The van der Waals surface area contributed by atoms with Crippen LogP contribution in [-0.4, -0.2) is 56.5 Å². The van der Waals surface area contributed by atoms with E-state index in [-0.39, 0.29) is 11.3 Å². The van der Waals surface area contributed by atoms with Crippen LogP contribution in [0, 0.1) is 5.92 Å². The zero-order valence-electron chi connectivity index (χ0n) is 11.1. The fourth-order valence-electron chi connectivity index (χ4n) is 4.17. The van der Waals surface area contributed by atoms with Crippen molar-refractivity contribution in [1.29, 1.82) is 0 Å². The Balaban J connectivity index is 1.72. The summed E-state index contributed by atoms with van der Waals surface area (Å²) in [7, 11) is -2.88. The van der Waals surface area contributed by atoms with Crippen molar-refractivity contribution in [2.75, 3.05) is 25.9 Å². The normalized spacial score (nSPS) is 42.1. The molecule has 18 heavy (non-hydrogen) atoms. The zero-order chi connectivity index (χ0) is 12.8. The van der Waals surface area contributed by atoms with Crippen molar-refractivity contribution in [1.82, 2.24) is 10.2 Å². The number of hydrogen-bond donors (Lipinski definition) is 1. The average Bonchev–Trinajstić information content (AvgIpc) is 2.94. The monoisotopic (exact) mass is 272 g/mol. The van der Waals surface area contributed by atoms with Crippen molar-refractivity contribution >= 4 is 9.84 Å². The third kappa shape index (κ3) is 2.32. The fourth-order valence-corrected chi connectivity index (χ4v) is 5.65. The van der Waals surface area contributed by atoms with Gasteiger partial charge in [-0.05, 0) is 38.1 Å². The van der Waals surface area contributed by atoms with Gasteiger partial charge in [-0.2, -0.15) is 0 Å². The molecule has 104 valence electrons. The summed E-state index contributed by atoms with van der Waals surface area (Å²) in [4.78, 5) is 2.46. The Morgan fingerprint density at radius 3 is 2.67 bits per heavy atom. The SMILES string of the molecule is CS(=O)(=O)C1CCCC1N1CC2CCCNC2C1. The Morgan fingerprint density at radius 2 is 1.94 bits per heavy atom. The van der Waals surface area contributed by atoms with Crippen LogP contribution in [0.2, 0.25) is 0 Å². The second-order valence-corrected chi connectivity index (χ2v) is 8.55. The molecule has 4 nitrogen and oxygen atoms in total. The molecule has 3 rings (SSSR count). The van der Waals surface area contributed by atoms with E-state index in [1.807, 2.05) is 0 Å². The molecule has 0 spiro atoms. The van der Waals surface area contributed by atoms with Gasteiger partial charge in [0.2, 0.25) is 0 Å². The number of piperidine rings is 1. The van der Waals surface area contributed by atoms with E-state index in [0.29, 0.717) is 6.04 Å². The number of fused-ring (bicyclic) bond motifs is 1. The topological polar surface area (TPSA) is 49.4 Å². The van der Waals surface area contributed by atoms with E-state index in [2.05, 4.69) is 10.2 Å². The standard InChI is InChI=1S/C13H24N2O2S/c1-18(16,17)13-6-2-5-12(13)15-8-10-4-3-7-14-11(10)9-15/h10-14H,2-9H2,1H3. The molecule has 4 unspecified atom stereocenters. The highest BCUT2D eigenvalue weighted by Gasteiger charge is 2.43. The molecule has 1 N–H and O–H groups in total. The van der Waals surface area contributed by atoms with Gasteiger partial charge in [0.1, 0.15) is 0 Å². The second kappa shape index (κ2) is 4.76.